The topological polar surface area (TPSA) is 34.1 Å². The SMILES string of the molecule is C=C(CCCC(=C)C(C)=O)C(C)=O. The number of carbonyl (C=O) groups is 2. The van der Waals surface area contributed by atoms with Crippen LogP contribution in [0.1, 0.15) is 33.1 Å². The van der Waals surface area contributed by atoms with Gasteiger partial charge < -0.3 is 0 Å². The van der Waals surface area contributed by atoms with Crippen LogP contribution >= 0.6 is 0 Å². The van der Waals surface area contributed by atoms with Crippen LogP contribution in [0.4, 0.5) is 0 Å². The molecule has 0 spiro atoms. The largest absolute Gasteiger partial charge is 0.295 e. The van der Waals surface area contributed by atoms with Gasteiger partial charge in [0.15, 0.2) is 11.6 Å². The lowest BCUT2D eigenvalue weighted by molar-refractivity contribution is -0.114. The third-order valence-corrected chi connectivity index (χ3v) is 1.95. The van der Waals surface area contributed by atoms with Gasteiger partial charge in [0.2, 0.25) is 0 Å². The Bertz CT molecular complexity index is 223. The molecule has 0 N–H and O–H groups in total. The number of hydrogen-bond acceptors (Lipinski definition) is 2. The Labute approximate surface area is 79.3 Å². The van der Waals surface area contributed by atoms with Crippen molar-refractivity contribution in [2.75, 3.05) is 0 Å². The Morgan fingerprint density at radius 3 is 1.46 bits per heavy atom. The molecular formula is C11H16O2. The molecule has 0 aliphatic rings. The van der Waals surface area contributed by atoms with Gasteiger partial charge in [-0.05, 0) is 44.3 Å². The lowest BCUT2D eigenvalue weighted by Gasteiger charge is -2.02. The number of carbonyl (C=O) groups excluding carboxylic acids is 2. The van der Waals surface area contributed by atoms with Crippen LogP contribution < -0.4 is 0 Å². The molecular weight excluding hydrogens is 164 g/mol. The van der Waals surface area contributed by atoms with Crippen molar-refractivity contribution < 1.29 is 9.59 Å². The van der Waals surface area contributed by atoms with Crippen LogP contribution in [-0.2, 0) is 9.59 Å². The van der Waals surface area contributed by atoms with Gasteiger partial charge in [-0.2, -0.15) is 0 Å². The van der Waals surface area contributed by atoms with Gasteiger partial charge in [0.25, 0.3) is 0 Å². The molecule has 0 heterocycles. The smallest absolute Gasteiger partial charge is 0.155 e. The van der Waals surface area contributed by atoms with Crippen LogP contribution in [0.25, 0.3) is 0 Å². The first-order valence-corrected chi connectivity index (χ1v) is 4.32. The summed E-state index contributed by atoms with van der Waals surface area (Å²) in [6.45, 7) is 10.3. The normalized spacial score (nSPS) is 9.38. The van der Waals surface area contributed by atoms with Gasteiger partial charge in [-0.3, -0.25) is 9.59 Å². The molecule has 0 unspecified atom stereocenters. The minimum Gasteiger partial charge on any atom is -0.295 e. The van der Waals surface area contributed by atoms with Crippen molar-refractivity contribution in [1.82, 2.24) is 0 Å². The summed E-state index contributed by atoms with van der Waals surface area (Å²) in [6, 6.07) is 0. The van der Waals surface area contributed by atoms with E-state index in [-0.39, 0.29) is 11.6 Å². The monoisotopic (exact) mass is 180 g/mol. The minimum absolute atomic E-state index is 0.0217. The average Bonchev–Trinajstić information content (AvgIpc) is 2.03. The van der Waals surface area contributed by atoms with Crippen LogP contribution in [0, 0.1) is 0 Å². The Morgan fingerprint density at radius 1 is 0.923 bits per heavy atom. The van der Waals surface area contributed by atoms with E-state index in [0.29, 0.717) is 24.0 Å². The van der Waals surface area contributed by atoms with Gasteiger partial charge in [0.1, 0.15) is 0 Å². The highest BCUT2D eigenvalue weighted by Gasteiger charge is 2.03. The summed E-state index contributed by atoms with van der Waals surface area (Å²) >= 11 is 0. The van der Waals surface area contributed by atoms with Crippen molar-refractivity contribution in [2.24, 2.45) is 0 Å². The number of rotatable bonds is 6. The highest BCUT2D eigenvalue weighted by atomic mass is 16.1. The molecule has 0 amide bonds. The molecule has 0 bridgehead atoms. The Morgan fingerprint density at radius 2 is 1.23 bits per heavy atom. The zero-order chi connectivity index (χ0) is 10.4. The van der Waals surface area contributed by atoms with Gasteiger partial charge in [-0.25, -0.2) is 0 Å². The third kappa shape index (κ3) is 5.12. The summed E-state index contributed by atoms with van der Waals surface area (Å²) < 4.78 is 0. The molecule has 0 aromatic rings. The molecule has 0 atom stereocenters. The fourth-order valence-electron chi connectivity index (χ4n) is 0.867. The van der Waals surface area contributed by atoms with E-state index in [4.69, 9.17) is 0 Å². The summed E-state index contributed by atoms with van der Waals surface area (Å²) in [5.74, 6) is 0.0434. The lowest BCUT2D eigenvalue weighted by atomic mass is 10.0. The van der Waals surface area contributed by atoms with Crippen LogP contribution in [-0.4, -0.2) is 11.6 Å². The van der Waals surface area contributed by atoms with E-state index in [2.05, 4.69) is 13.2 Å². The van der Waals surface area contributed by atoms with Crippen LogP contribution in [0.2, 0.25) is 0 Å². The van der Waals surface area contributed by atoms with Gasteiger partial charge in [-0.15, -0.1) is 0 Å². The third-order valence-electron chi connectivity index (χ3n) is 1.95. The predicted molar refractivity (Wildman–Crippen MR) is 53.5 cm³/mol. The van der Waals surface area contributed by atoms with E-state index in [1.165, 1.54) is 13.8 Å². The summed E-state index contributed by atoms with van der Waals surface area (Å²) in [6.07, 6.45) is 2.08. The molecule has 0 aromatic heterocycles. The molecule has 0 rings (SSSR count). The van der Waals surface area contributed by atoms with Crippen molar-refractivity contribution in [3.8, 4) is 0 Å². The second-order valence-electron chi connectivity index (χ2n) is 3.17. The maximum absolute atomic E-state index is 10.8. The van der Waals surface area contributed by atoms with Gasteiger partial charge >= 0.3 is 0 Å². The van der Waals surface area contributed by atoms with E-state index in [9.17, 15) is 9.59 Å². The van der Waals surface area contributed by atoms with Crippen molar-refractivity contribution in [2.45, 2.75) is 33.1 Å². The highest BCUT2D eigenvalue weighted by Crippen LogP contribution is 2.10. The van der Waals surface area contributed by atoms with E-state index in [1.807, 2.05) is 0 Å². The van der Waals surface area contributed by atoms with E-state index in [0.717, 1.165) is 6.42 Å². The fraction of sp³-hybridized carbons (Fsp3) is 0.455. The molecule has 2 nitrogen and oxygen atoms in total. The number of hydrogen-bond donors (Lipinski definition) is 0. The van der Waals surface area contributed by atoms with Gasteiger partial charge in [0, 0.05) is 0 Å². The summed E-state index contributed by atoms with van der Waals surface area (Å²) in [5, 5.41) is 0. The molecule has 2 heteroatoms. The van der Waals surface area contributed by atoms with Gasteiger partial charge in [-0.1, -0.05) is 13.2 Å². The van der Waals surface area contributed by atoms with Gasteiger partial charge in [0.05, 0.1) is 0 Å². The standard InChI is InChI=1S/C11H16O2/c1-8(10(3)12)6-5-7-9(2)11(4)13/h1-2,5-7H2,3-4H3. The number of allylic oxidation sites excluding steroid dienone is 2. The zero-order valence-corrected chi connectivity index (χ0v) is 8.35. The van der Waals surface area contributed by atoms with E-state index < -0.39 is 0 Å². The summed E-state index contributed by atoms with van der Waals surface area (Å²) in [7, 11) is 0. The maximum Gasteiger partial charge on any atom is 0.155 e. The van der Waals surface area contributed by atoms with Crippen molar-refractivity contribution in [1.29, 1.82) is 0 Å². The Balaban J connectivity index is 3.69. The highest BCUT2D eigenvalue weighted by molar-refractivity contribution is 5.93. The second-order valence-corrected chi connectivity index (χ2v) is 3.17. The molecule has 0 aromatic carbocycles. The molecule has 0 radical (unpaired) electrons. The van der Waals surface area contributed by atoms with Crippen LogP contribution in [0.3, 0.4) is 0 Å². The molecule has 0 saturated heterocycles. The molecule has 0 aliphatic carbocycles. The molecule has 0 fully saturated rings. The average molecular weight is 180 g/mol. The van der Waals surface area contributed by atoms with Crippen LogP contribution in [0.15, 0.2) is 24.3 Å². The predicted octanol–water partition coefficient (Wildman–Crippen LogP) is 2.45. The first kappa shape index (κ1) is 11.8. The first-order chi connectivity index (χ1) is 5.95. The molecule has 72 valence electrons. The molecule has 0 aliphatic heterocycles. The molecule has 0 saturated carbocycles. The quantitative estimate of drug-likeness (QED) is 0.588. The fourth-order valence-corrected chi connectivity index (χ4v) is 0.867. The van der Waals surface area contributed by atoms with Crippen molar-refractivity contribution in [3.05, 3.63) is 24.3 Å². The first-order valence-electron chi connectivity index (χ1n) is 4.32. The molecule has 13 heavy (non-hydrogen) atoms. The number of ketones is 2. The number of Topliss-reactive ketones (excluding diaryl/α,β-unsaturated/α-hetero) is 2. The van der Waals surface area contributed by atoms with Crippen molar-refractivity contribution >= 4 is 11.6 Å². The Hall–Kier alpha value is -1.18. The van der Waals surface area contributed by atoms with Crippen LogP contribution in [0.5, 0.6) is 0 Å². The summed E-state index contributed by atoms with van der Waals surface area (Å²) in [5.41, 5.74) is 1.24. The lowest BCUT2D eigenvalue weighted by Crippen LogP contribution is -1.98. The maximum atomic E-state index is 10.8. The zero-order valence-electron chi connectivity index (χ0n) is 8.35. The second kappa shape index (κ2) is 5.46. The summed E-state index contributed by atoms with van der Waals surface area (Å²) in [4.78, 5) is 21.5. The van der Waals surface area contributed by atoms with Crippen molar-refractivity contribution in [3.63, 3.8) is 0 Å². The Kier molecular flexibility index (Phi) is 4.97. The minimum atomic E-state index is 0.0217. The van der Waals surface area contributed by atoms with E-state index in [1.54, 1.807) is 0 Å². The van der Waals surface area contributed by atoms with E-state index >= 15 is 0 Å².